The molecule has 1 unspecified atom stereocenters. The van der Waals surface area contributed by atoms with Crippen LogP contribution in [0.2, 0.25) is 0 Å². The van der Waals surface area contributed by atoms with Gasteiger partial charge in [0.25, 0.3) is 5.91 Å². The molecule has 1 aromatic heterocycles. The average molecular weight is 358 g/mol. The molecule has 1 aliphatic rings. The highest BCUT2D eigenvalue weighted by Crippen LogP contribution is 2.20. The third-order valence-electron chi connectivity index (χ3n) is 4.57. The number of aryl methyl sites for hydroxylation is 1. The molecular weight excluding hydrogens is 336 g/mol. The van der Waals surface area contributed by atoms with E-state index < -0.39 is 17.9 Å². The van der Waals surface area contributed by atoms with Gasteiger partial charge in [-0.2, -0.15) is 0 Å². The summed E-state index contributed by atoms with van der Waals surface area (Å²) in [5.41, 5.74) is 1.18. The third-order valence-corrected chi connectivity index (χ3v) is 4.57. The first kappa shape index (κ1) is 17.9. The SMILES string of the molecule is Cc1nnc2n1CC(C(=O)O)N(C(=O)COc1ccc(C(C)C)cc1)C2. The Balaban J connectivity index is 1.68. The van der Waals surface area contributed by atoms with Crippen molar-refractivity contribution in [3.05, 3.63) is 41.5 Å². The predicted octanol–water partition coefficient (Wildman–Crippen LogP) is 1.58. The fourth-order valence-electron chi connectivity index (χ4n) is 2.96. The average Bonchev–Trinajstić information content (AvgIpc) is 2.99. The van der Waals surface area contributed by atoms with E-state index >= 15 is 0 Å². The van der Waals surface area contributed by atoms with Gasteiger partial charge in [-0.05, 0) is 30.5 Å². The summed E-state index contributed by atoms with van der Waals surface area (Å²) in [4.78, 5) is 25.4. The number of hydrogen-bond acceptors (Lipinski definition) is 5. The van der Waals surface area contributed by atoms with Crippen molar-refractivity contribution in [3.63, 3.8) is 0 Å². The molecule has 8 heteroatoms. The lowest BCUT2D eigenvalue weighted by Gasteiger charge is -2.33. The molecule has 2 aromatic rings. The zero-order chi connectivity index (χ0) is 18.8. The third kappa shape index (κ3) is 3.54. The normalized spacial score (nSPS) is 16.5. The maximum Gasteiger partial charge on any atom is 0.328 e. The summed E-state index contributed by atoms with van der Waals surface area (Å²) >= 11 is 0. The van der Waals surface area contributed by atoms with Crippen LogP contribution in [0, 0.1) is 6.92 Å². The van der Waals surface area contributed by atoms with E-state index in [0.29, 0.717) is 23.3 Å². The van der Waals surface area contributed by atoms with Crippen LogP contribution in [0.25, 0.3) is 0 Å². The van der Waals surface area contributed by atoms with Crippen LogP contribution in [0.5, 0.6) is 5.75 Å². The number of aliphatic carboxylic acids is 1. The summed E-state index contributed by atoms with van der Waals surface area (Å²) in [5, 5.41) is 17.5. The highest BCUT2D eigenvalue weighted by Gasteiger charge is 2.36. The summed E-state index contributed by atoms with van der Waals surface area (Å²) in [5.74, 6) is 0.756. The van der Waals surface area contributed by atoms with Crippen LogP contribution in [0.15, 0.2) is 24.3 Å². The molecule has 138 valence electrons. The second-order valence-corrected chi connectivity index (χ2v) is 6.66. The molecule has 0 spiro atoms. The van der Waals surface area contributed by atoms with Crippen molar-refractivity contribution < 1.29 is 19.4 Å². The van der Waals surface area contributed by atoms with E-state index in [1.165, 1.54) is 10.5 Å². The summed E-state index contributed by atoms with van der Waals surface area (Å²) in [6, 6.07) is 6.57. The van der Waals surface area contributed by atoms with E-state index in [1.807, 2.05) is 24.3 Å². The number of benzene rings is 1. The van der Waals surface area contributed by atoms with Gasteiger partial charge in [0.1, 0.15) is 17.6 Å². The Bertz CT molecular complexity index is 813. The first-order valence-corrected chi connectivity index (χ1v) is 8.50. The molecule has 0 saturated carbocycles. The van der Waals surface area contributed by atoms with Crippen molar-refractivity contribution >= 4 is 11.9 Å². The number of carbonyl (C=O) groups is 2. The topological polar surface area (TPSA) is 97.5 Å². The molecule has 1 amide bonds. The number of aromatic nitrogens is 3. The number of fused-ring (bicyclic) bond motifs is 1. The molecule has 0 radical (unpaired) electrons. The van der Waals surface area contributed by atoms with Crippen LogP contribution >= 0.6 is 0 Å². The molecule has 1 N–H and O–H groups in total. The Hall–Kier alpha value is -2.90. The molecule has 0 bridgehead atoms. The van der Waals surface area contributed by atoms with Gasteiger partial charge < -0.3 is 19.3 Å². The standard InChI is InChI=1S/C18H22N4O4/c1-11(2)13-4-6-14(7-5-13)26-10-17(23)22-9-16-20-19-12(3)21(16)8-15(22)18(24)25/h4-7,11,15H,8-10H2,1-3H3,(H,24,25). The van der Waals surface area contributed by atoms with Crippen molar-refractivity contribution in [2.24, 2.45) is 0 Å². The monoisotopic (exact) mass is 358 g/mol. The summed E-state index contributed by atoms with van der Waals surface area (Å²) in [7, 11) is 0. The highest BCUT2D eigenvalue weighted by molar-refractivity contribution is 5.84. The fourth-order valence-corrected chi connectivity index (χ4v) is 2.96. The van der Waals surface area contributed by atoms with Crippen molar-refractivity contribution in [1.29, 1.82) is 0 Å². The van der Waals surface area contributed by atoms with Gasteiger partial charge in [0.2, 0.25) is 0 Å². The molecular formula is C18H22N4O4. The number of carbonyl (C=O) groups excluding carboxylic acids is 1. The van der Waals surface area contributed by atoms with Gasteiger partial charge in [0.15, 0.2) is 12.4 Å². The van der Waals surface area contributed by atoms with Gasteiger partial charge in [0, 0.05) is 0 Å². The van der Waals surface area contributed by atoms with Crippen LogP contribution in [0.4, 0.5) is 0 Å². The minimum atomic E-state index is -1.06. The van der Waals surface area contributed by atoms with E-state index in [-0.39, 0.29) is 19.7 Å². The summed E-state index contributed by atoms with van der Waals surface area (Å²) in [6.07, 6.45) is 0. The number of carboxylic acid groups (broad SMARTS) is 1. The molecule has 0 fully saturated rings. The largest absolute Gasteiger partial charge is 0.484 e. The first-order valence-electron chi connectivity index (χ1n) is 8.50. The Labute approximate surface area is 151 Å². The minimum Gasteiger partial charge on any atom is -0.484 e. The Morgan fingerprint density at radius 1 is 1.27 bits per heavy atom. The second-order valence-electron chi connectivity index (χ2n) is 6.66. The zero-order valence-electron chi connectivity index (χ0n) is 15.0. The fraction of sp³-hybridized carbons (Fsp3) is 0.444. The van der Waals surface area contributed by atoms with E-state index in [0.717, 1.165) is 0 Å². The van der Waals surface area contributed by atoms with Gasteiger partial charge in [-0.1, -0.05) is 26.0 Å². The van der Waals surface area contributed by atoms with Gasteiger partial charge in [-0.15, -0.1) is 10.2 Å². The van der Waals surface area contributed by atoms with Gasteiger partial charge in [-0.3, -0.25) is 4.79 Å². The van der Waals surface area contributed by atoms with Gasteiger partial charge >= 0.3 is 5.97 Å². The number of carboxylic acids is 1. The Morgan fingerprint density at radius 3 is 2.58 bits per heavy atom. The first-order chi connectivity index (χ1) is 12.4. The second kappa shape index (κ2) is 7.15. The van der Waals surface area contributed by atoms with E-state index in [1.54, 1.807) is 11.5 Å². The van der Waals surface area contributed by atoms with Crippen LogP contribution < -0.4 is 4.74 Å². The summed E-state index contributed by atoms with van der Waals surface area (Å²) in [6.45, 7) is 5.98. The molecule has 0 aliphatic carbocycles. The van der Waals surface area contributed by atoms with E-state index in [2.05, 4.69) is 24.0 Å². The molecule has 26 heavy (non-hydrogen) atoms. The number of nitrogens with zero attached hydrogens (tertiary/aromatic N) is 4. The summed E-state index contributed by atoms with van der Waals surface area (Å²) < 4.78 is 7.28. The predicted molar refractivity (Wildman–Crippen MR) is 92.8 cm³/mol. The van der Waals surface area contributed by atoms with Crippen LogP contribution in [-0.2, 0) is 22.7 Å². The molecule has 3 rings (SSSR count). The van der Waals surface area contributed by atoms with Crippen molar-refractivity contribution in [1.82, 2.24) is 19.7 Å². The lowest BCUT2D eigenvalue weighted by molar-refractivity contribution is -0.153. The number of rotatable bonds is 5. The molecule has 2 heterocycles. The smallest absolute Gasteiger partial charge is 0.328 e. The van der Waals surface area contributed by atoms with Crippen molar-refractivity contribution in [2.45, 2.75) is 45.8 Å². The molecule has 1 aliphatic heterocycles. The van der Waals surface area contributed by atoms with Crippen molar-refractivity contribution in [2.75, 3.05) is 6.61 Å². The lowest BCUT2D eigenvalue weighted by atomic mass is 10.0. The molecule has 0 saturated heterocycles. The number of amides is 1. The Kier molecular flexibility index (Phi) is 4.92. The molecule has 8 nitrogen and oxygen atoms in total. The van der Waals surface area contributed by atoms with Crippen molar-refractivity contribution in [3.8, 4) is 5.75 Å². The van der Waals surface area contributed by atoms with Gasteiger partial charge in [0.05, 0.1) is 13.1 Å². The zero-order valence-corrected chi connectivity index (χ0v) is 15.0. The Morgan fingerprint density at radius 2 is 1.96 bits per heavy atom. The quantitative estimate of drug-likeness (QED) is 0.872. The van der Waals surface area contributed by atoms with E-state index in [9.17, 15) is 14.7 Å². The maximum absolute atomic E-state index is 12.6. The van der Waals surface area contributed by atoms with Crippen LogP contribution in [0.1, 0.15) is 37.0 Å². The minimum absolute atomic E-state index is 0.103. The van der Waals surface area contributed by atoms with Crippen LogP contribution in [0.3, 0.4) is 0 Å². The van der Waals surface area contributed by atoms with Crippen LogP contribution in [-0.4, -0.2) is 49.3 Å². The van der Waals surface area contributed by atoms with Gasteiger partial charge in [-0.25, -0.2) is 4.79 Å². The highest BCUT2D eigenvalue weighted by atomic mass is 16.5. The lowest BCUT2D eigenvalue weighted by Crippen LogP contribution is -2.52. The number of ether oxygens (including phenoxy) is 1. The maximum atomic E-state index is 12.6. The van der Waals surface area contributed by atoms with E-state index in [4.69, 9.17) is 4.74 Å². The molecule has 1 aromatic carbocycles. The molecule has 1 atom stereocenters. The number of hydrogen-bond donors (Lipinski definition) is 1.